The van der Waals surface area contributed by atoms with Crippen molar-refractivity contribution in [1.29, 1.82) is 0 Å². The average molecular weight is 346 g/mol. The summed E-state index contributed by atoms with van der Waals surface area (Å²) in [7, 11) is 1.75. The van der Waals surface area contributed by atoms with Crippen molar-refractivity contribution in [3.63, 3.8) is 0 Å². The van der Waals surface area contributed by atoms with Gasteiger partial charge in [0.25, 0.3) is 0 Å². The Morgan fingerprint density at radius 1 is 1.33 bits per heavy atom. The van der Waals surface area contributed by atoms with E-state index in [0.717, 1.165) is 34.6 Å². The minimum Gasteiger partial charge on any atom is -0.486 e. The summed E-state index contributed by atoms with van der Waals surface area (Å²) in [5.74, 6) is 2.31. The fourth-order valence-corrected chi connectivity index (χ4v) is 3.11. The monoisotopic (exact) mass is 346 g/mol. The van der Waals surface area contributed by atoms with Crippen LogP contribution in [0.4, 0.5) is 0 Å². The van der Waals surface area contributed by atoms with Crippen molar-refractivity contribution in [3.8, 4) is 11.5 Å². The molecule has 0 saturated carbocycles. The van der Waals surface area contributed by atoms with Crippen LogP contribution >= 0.6 is 11.3 Å². The van der Waals surface area contributed by atoms with Crippen LogP contribution in [0.1, 0.15) is 17.6 Å². The van der Waals surface area contributed by atoms with Crippen LogP contribution in [-0.4, -0.2) is 37.2 Å². The predicted octanol–water partition coefficient (Wildman–Crippen LogP) is 2.21. The van der Waals surface area contributed by atoms with Gasteiger partial charge in [0.2, 0.25) is 0 Å². The zero-order valence-electron chi connectivity index (χ0n) is 13.9. The average Bonchev–Trinajstić information content (AvgIpc) is 3.10. The lowest BCUT2D eigenvalue weighted by atomic mass is 10.2. The Morgan fingerprint density at radius 2 is 2.17 bits per heavy atom. The van der Waals surface area contributed by atoms with E-state index in [2.05, 4.69) is 32.9 Å². The van der Waals surface area contributed by atoms with Crippen LogP contribution in [0.2, 0.25) is 0 Å². The second kappa shape index (κ2) is 8.01. The summed E-state index contributed by atoms with van der Waals surface area (Å²) in [4.78, 5) is 8.77. The molecule has 1 aromatic heterocycles. The lowest BCUT2D eigenvalue weighted by Crippen LogP contribution is -2.45. The second-order valence-corrected chi connectivity index (χ2v) is 6.33. The topological polar surface area (TPSA) is 67.8 Å². The SMILES string of the molecule is CCc1nc(CNC(=NC)NCC2COc3ccccc3O2)cs1. The number of para-hydroxylation sites is 2. The Labute approximate surface area is 145 Å². The van der Waals surface area contributed by atoms with Gasteiger partial charge in [0, 0.05) is 12.4 Å². The first-order valence-corrected chi connectivity index (χ1v) is 8.92. The number of guanidine groups is 1. The van der Waals surface area contributed by atoms with E-state index in [1.165, 1.54) is 0 Å². The molecule has 1 unspecified atom stereocenters. The molecule has 6 nitrogen and oxygen atoms in total. The zero-order valence-corrected chi connectivity index (χ0v) is 14.7. The first-order chi connectivity index (χ1) is 11.8. The van der Waals surface area contributed by atoms with Crippen LogP contribution in [0.3, 0.4) is 0 Å². The largest absolute Gasteiger partial charge is 0.486 e. The molecular weight excluding hydrogens is 324 g/mol. The van der Waals surface area contributed by atoms with Gasteiger partial charge in [0.1, 0.15) is 12.7 Å². The lowest BCUT2D eigenvalue weighted by Gasteiger charge is -2.27. The van der Waals surface area contributed by atoms with Crippen LogP contribution in [-0.2, 0) is 13.0 Å². The van der Waals surface area contributed by atoms with Crippen molar-refractivity contribution in [3.05, 3.63) is 40.3 Å². The summed E-state index contributed by atoms with van der Waals surface area (Å²) in [5.41, 5.74) is 1.03. The molecule has 1 aliphatic heterocycles. The number of aromatic nitrogens is 1. The maximum atomic E-state index is 5.93. The highest BCUT2D eigenvalue weighted by atomic mass is 32.1. The van der Waals surface area contributed by atoms with Crippen molar-refractivity contribution in [2.45, 2.75) is 26.0 Å². The molecule has 7 heteroatoms. The fourth-order valence-electron chi connectivity index (χ4n) is 2.36. The van der Waals surface area contributed by atoms with Crippen LogP contribution in [0.25, 0.3) is 0 Å². The molecule has 1 aliphatic rings. The lowest BCUT2D eigenvalue weighted by molar-refractivity contribution is 0.0936. The van der Waals surface area contributed by atoms with Gasteiger partial charge in [0.15, 0.2) is 17.5 Å². The number of nitrogens with one attached hydrogen (secondary N) is 2. The number of rotatable bonds is 5. The third-order valence-electron chi connectivity index (χ3n) is 3.63. The number of hydrogen-bond donors (Lipinski definition) is 2. The van der Waals surface area contributed by atoms with Crippen molar-refractivity contribution in [2.75, 3.05) is 20.2 Å². The molecule has 2 heterocycles. The molecule has 0 amide bonds. The van der Waals surface area contributed by atoms with Gasteiger partial charge in [-0.3, -0.25) is 4.99 Å². The summed E-state index contributed by atoms with van der Waals surface area (Å²) in [5, 5.41) is 9.77. The third-order valence-corrected chi connectivity index (χ3v) is 4.67. The van der Waals surface area contributed by atoms with E-state index >= 15 is 0 Å². The molecule has 0 aliphatic carbocycles. The van der Waals surface area contributed by atoms with E-state index in [1.807, 2.05) is 24.3 Å². The minimum absolute atomic E-state index is 0.0515. The first kappa shape index (κ1) is 16.6. The number of hydrogen-bond acceptors (Lipinski definition) is 5. The number of aliphatic imine (C=N–C) groups is 1. The third kappa shape index (κ3) is 4.17. The number of fused-ring (bicyclic) bond motifs is 1. The number of nitrogens with zero attached hydrogens (tertiary/aromatic N) is 2. The van der Waals surface area contributed by atoms with Gasteiger partial charge in [0.05, 0.1) is 23.8 Å². The van der Waals surface area contributed by atoms with Crippen molar-refractivity contribution >= 4 is 17.3 Å². The van der Waals surface area contributed by atoms with Crippen LogP contribution in [0.15, 0.2) is 34.6 Å². The zero-order chi connectivity index (χ0) is 16.8. The van der Waals surface area contributed by atoms with E-state index in [9.17, 15) is 0 Å². The van der Waals surface area contributed by atoms with Crippen LogP contribution in [0, 0.1) is 0 Å². The Balaban J connectivity index is 1.46. The highest BCUT2D eigenvalue weighted by molar-refractivity contribution is 7.09. The summed E-state index contributed by atoms with van der Waals surface area (Å²) >= 11 is 1.69. The van der Waals surface area contributed by atoms with Crippen molar-refractivity contribution in [1.82, 2.24) is 15.6 Å². The van der Waals surface area contributed by atoms with Crippen molar-refractivity contribution < 1.29 is 9.47 Å². The highest BCUT2D eigenvalue weighted by Crippen LogP contribution is 2.30. The van der Waals surface area contributed by atoms with Gasteiger partial charge in [-0.1, -0.05) is 19.1 Å². The number of ether oxygens (including phenoxy) is 2. The van der Waals surface area contributed by atoms with Gasteiger partial charge in [-0.25, -0.2) is 4.98 Å². The number of benzene rings is 1. The van der Waals surface area contributed by atoms with Gasteiger partial charge in [-0.15, -0.1) is 11.3 Å². The smallest absolute Gasteiger partial charge is 0.191 e. The molecule has 0 fully saturated rings. The van der Waals surface area contributed by atoms with Gasteiger partial charge < -0.3 is 20.1 Å². The molecule has 0 saturated heterocycles. The predicted molar refractivity (Wildman–Crippen MR) is 96.0 cm³/mol. The summed E-state index contributed by atoms with van der Waals surface area (Å²) in [6.07, 6.45) is 0.919. The molecule has 1 aromatic carbocycles. The summed E-state index contributed by atoms with van der Waals surface area (Å²) in [6.45, 7) is 3.90. The molecule has 0 radical (unpaired) electrons. The second-order valence-electron chi connectivity index (χ2n) is 5.39. The summed E-state index contributed by atoms with van der Waals surface area (Å²) in [6, 6.07) is 7.71. The molecule has 24 heavy (non-hydrogen) atoms. The fraction of sp³-hybridized carbons (Fsp3) is 0.412. The number of thiazole rings is 1. The first-order valence-electron chi connectivity index (χ1n) is 8.04. The Hall–Kier alpha value is -2.28. The molecule has 0 bridgehead atoms. The minimum atomic E-state index is -0.0515. The van der Waals surface area contributed by atoms with Gasteiger partial charge in [-0.2, -0.15) is 0 Å². The molecule has 0 spiro atoms. The molecule has 1 atom stereocenters. The molecule has 2 N–H and O–H groups in total. The van der Waals surface area contributed by atoms with Crippen LogP contribution < -0.4 is 20.1 Å². The maximum absolute atomic E-state index is 5.93. The van der Waals surface area contributed by atoms with Crippen molar-refractivity contribution in [2.24, 2.45) is 4.99 Å². The Morgan fingerprint density at radius 3 is 2.92 bits per heavy atom. The standard InChI is InChI=1S/C17H22N4O2S/c1-3-16-21-12(11-24-16)8-19-17(18-2)20-9-13-10-22-14-6-4-5-7-15(14)23-13/h4-7,11,13H,3,8-10H2,1-2H3,(H2,18,19,20). The van der Waals surface area contributed by atoms with E-state index in [0.29, 0.717) is 19.7 Å². The van der Waals surface area contributed by atoms with Gasteiger partial charge >= 0.3 is 0 Å². The van der Waals surface area contributed by atoms with Gasteiger partial charge in [-0.05, 0) is 18.6 Å². The van der Waals surface area contributed by atoms with E-state index in [4.69, 9.17) is 9.47 Å². The number of aryl methyl sites for hydroxylation is 1. The molecule has 3 rings (SSSR count). The van der Waals surface area contributed by atoms with Crippen LogP contribution in [0.5, 0.6) is 11.5 Å². The highest BCUT2D eigenvalue weighted by Gasteiger charge is 2.20. The van der Waals surface area contributed by atoms with E-state index in [1.54, 1.807) is 18.4 Å². The Bertz CT molecular complexity index is 701. The normalized spacial score (nSPS) is 16.8. The summed E-state index contributed by atoms with van der Waals surface area (Å²) < 4.78 is 11.6. The quantitative estimate of drug-likeness (QED) is 0.642. The molecule has 2 aromatic rings. The molecular formula is C17H22N4O2S. The maximum Gasteiger partial charge on any atom is 0.191 e. The van der Waals surface area contributed by atoms with E-state index < -0.39 is 0 Å². The van der Waals surface area contributed by atoms with E-state index in [-0.39, 0.29) is 6.10 Å². The Kier molecular flexibility index (Phi) is 5.53. The molecule has 128 valence electrons.